The number of ether oxygens (including phenoxy) is 1. The van der Waals surface area contributed by atoms with Gasteiger partial charge in [-0.1, -0.05) is 5.92 Å². The third-order valence-electron chi connectivity index (χ3n) is 3.89. The molecule has 4 atom stereocenters. The first-order chi connectivity index (χ1) is 11.0. The molecule has 1 unspecified atom stereocenters. The van der Waals surface area contributed by atoms with Crippen LogP contribution in [0.25, 0.3) is 5.65 Å². The van der Waals surface area contributed by atoms with E-state index in [2.05, 4.69) is 21.0 Å². The van der Waals surface area contributed by atoms with Gasteiger partial charge in [0.2, 0.25) is 5.60 Å². The first-order valence-corrected chi connectivity index (χ1v) is 6.46. The molecule has 0 bridgehead atoms. The van der Waals surface area contributed by atoms with Gasteiger partial charge in [0.25, 0.3) is 0 Å². The van der Waals surface area contributed by atoms with E-state index in [1.165, 1.54) is 6.20 Å². The second-order valence-electron chi connectivity index (χ2n) is 5.06. The van der Waals surface area contributed by atoms with Crippen LogP contribution in [0.15, 0.2) is 12.5 Å². The zero-order valence-corrected chi connectivity index (χ0v) is 11.7. The summed E-state index contributed by atoms with van der Waals surface area (Å²) in [5, 5.41) is 43.6. The molecule has 1 aliphatic heterocycles. The number of nitrogen functional groups attached to an aromatic ring is 1. The summed E-state index contributed by atoms with van der Waals surface area (Å²) in [6.45, 7) is -0.793. The van der Waals surface area contributed by atoms with Crippen molar-refractivity contribution in [1.29, 1.82) is 5.26 Å². The van der Waals surface area contributed by atoms with Gasteiger partial charge in [-0.25, -0.2) is 14.5 Å². The Bertz CT molecular complexity index is 854. The number of aliphatic hydroxyl groups excluding tert-OH is 3. The van der Waals surface area contributed by atoms with Crippen LogP contribution >= 0.6 is 0 Å². The molecule has 1 saturated heterocycles. The Hall–Kier alpha value is -2.76. The normalized spacial score (nSPS) is 33.4. The lowest BCUT2D eigenvalue weighted by molar-refractivity contribution is -0.101. The molecule has 23 heavy (non-hydrogen) atoms. The molecule has 5 N–H and O–H groups in total. The highest BCUT2D eigenvalue weighted by Gasteiger charge is 2.64. The molecule has 0 spiro atoms. The van der Waals surface area contributed by atoms with Crippen molar-refractivity contribution in [3.8, 4) is 18.4 Å². The number of hydrogen-bond donors (Lipinski definition) is 4. The SMILES string of the molecule is C#C[C@]1(CO)O[C@@](C#N)(c2cnc3c(N)ncnn23)C(O)[C@H]1O. The monoisotopic (exact) mass is 316 g/mol. The Morgan fingerprint density at radius 3 is 2.74 bits per heavy atom. The molecule has 0 amide bonds. The number of rotatable bonds is 2. The number of hydrogen-bond acceptors (Lipinski definition) is 9. The number of fused-ring (bicyclic) bond motifs is 1. The quantitative estimate of drug-likeness (QED) is 0.440. The summed E-state index contributed by atoms with van der Waals surface area (Å²) in [5.41, 5.74) is 1.80. The first kappa shape index (κ1) is 15.1. The van der Waals surface area contributed by atoms with Crippen LogP contribution in [-0.4, -0.2) is 59.3 Å². The second-order valence-corrected chi connectivity index (χ2v) is 5.06. The van der Waals surface area contributed by atoms with Gasteiger partial charge in [0.15, 0.2) is 17.1 Å². The van der Waals surface area contributed by atoms with Crippen LogP contribution in [0.1, 0.15) is 5.69 Å². The van der Waals surface area contributed by atoms with Crippen molar-refractivity contribution in [2.45, 2.75) is 23.4 Å². The van der Waals surface area contributed by atoms with Crippen molar-refractivity contribution < 1.29 is 20.1 Å². The number of terminal acetylenes is 1. The summed E-state index contributed by atoms with van der Waals surface area (Å²) >= 11 is 0. The maximum Gasteiger partial charge on any atom is 0.228 e. The fourth-order valence-corrected chi connectivity index (χ4v) is 2.61. The van der Waals surface area contributed by atoms with Gasteiger partial charge >= 0.3 is 0 Å². The van der Waals surface area contributed by atoms with Crippen LogP contribution in [0.5, 0.6) is 0 Å². The van der Waals surface area contributed by atoms with Gasteiger partial charge in [-0.3, -0.25) is 0 Å². The number of anilines is 1. The number of aliphatic hydroxyl groups is 3. The largest absolute Gasteiger partial charge is 0.392 e. The Kier molecular flexibility index (Phi) is 3.21. The van der Waals surface area contributed by atoms with Crippen molar-refractivity contribution in [2.75, 3.05) is 12.3 Å². The van der Waals surface area contributed by atoms with Gasteiger partial charge in [0.1, 0.15) is 30.3 Å². The molecule has 0 radical (unpaired) electrons. The smallest absolute Gasteiger partial charge is 0.228 e. The average molecular weight is 316 g/mol. The molecule has 3 heterocycles. The van der Waals surface area contributed by atoms with Crippen molar-refractivity contribution in [3.05, 3.63) is 18.2 Å². The molecule has 118 valence electrons. The molecule has 2 aromatic rings. The highest BCUT2D eigenvalue weighted by atomic mass is 16.6. The Morgan fingerprint density at radius 1 is 1.43 bits per heavy atom. The number of nitrogens with two attached hydrogens (primary N) is 1. The topological polar surface area (TPSA) is 163 Å². The fraction of sp³-hybridized carbons (Fsp3) is 0.385. The molecule has 0 aromatic carbocycles. The Labute approximate surface area is 129 Å². The van der Waals surface area contributed by atoms with Crippen molar-refractivity contribution in [2.24, 2.45) is 0 Å². The predicted molar refractivity (Wildman–Crippen MR) is 74.2 cm³/mol. The fourth-order valence-electron chi connectivity index (χ4n) is 2.61. The van der Waals surface area contributed by atoms with Crippen LogP contribution in [0.3, 0.4) is 0 Å². The second kappa shape index (κ2) is 4.87. The summed E-state index contributed by atoms with van der Waals surface area (Å²) < 4.78 is 6.65. The van der Waals surface area contributed by atoms with Gasteiger partial charge in [-0.15, -0.1) is 6.42 Å². The molecule has 10 heteroatoms. The molecule has 1 fully saturated rings. The maximum absolute atomic E-state index is 10.4. The lowest BCUT2D eigenvalue weighted by Gasteiger charge is -2.25. The van der Waals surface area contributed by atoms with Crippen molar-refractivity contribution in [3.63, 3.8) is 0 Å². The van der Waals surface area contributed by atoms with Crippen LogP contribution < -0.4 is 5.73 Å². The van der Waals surface area contributed by atoms with Gasteiger partial charge in [-0.05, 0) is 0 Å². The zero-order valence-electron chi connectivity index (χ0n) is 11.7. The van der Waals surface area contributed by atoms with Gasteiger partial charge in [0, 0.05) is 0 Å². The summed E-state index contributed by atoms with van der Waals surface area (Å²) in [4.78, 5) is 7.76. The molecule has 2 aromatic heterocycles. The molecule has 0 aliphatic carbocycles. The minimum Gasteiger partial charge on any atom is -0.392 e. The van der Waals surface area contributed by atoms with E-state index in [9.17, 15) is 20.6 Å². The predicted octanol–water partition coefficient (Wildman–Crippen LogP) is -2.46. The number of imidazole rings is 1. The third-order valence-corrected chi connectivity index (χ3v) is 3.89. The molecule has 3 rings (SSSR count). The summed E-state index contributed by atoms with van der Waals surface area (Å²) in [7, 11) is 0. The Balaban J connectivity index is 2.25. The molecule has 0 saturated carbocycles. The zero-order chi connectivity index (χ0) is 16.8. The lowest BCUT2D eigenvalue weighted by atomic mass is 9.89. The minimum atomic E-state index is -2.09. The standard InChI is InChI=1S/C13H12N6O4/c1-2-12(5-20)8(21)9(22)13(4-14,23-12)7-3-16-11-10(15)17-6-18-19(7)11/h1,3,6,8-9,20-22H,5H2,(H2,15,17,18)/t8-,9?,12-,13+/m1/s1. The Morgan fingerprint density at radius 2 is 2.17 bits per heavy atom. The molecular weight excluding hydrogens is 304 g/mol. The number of nitrogens with zero attached hydrogens (tertiary/aromatic N) is 5. The summed E-state index contributed by atoms with van der Waals surface area (Å²) in [6.07, 6.45) is 4.23. The first-order valence-electron chi connectivity index (χ1n) is 6.46. The van der Waals surface area contributed by atoms with E-state index in [4.69, 9.17) is 16.9 Å². The molecule has 10 nitrogen and oxygen atoms in total. The van der Waals surface area contributed by atoms with Gasteiger partial charge in [-0.2, -0.15) is 10.4 Å². The summed E-state index contributed by atoms with van der Waals surface area (Å²) in [5.74, 6) is 2.15. The van der Waals surface area contributed by atoms with Crippen molar-refractivity contribution in [1.82, 2.24) is 19.6 Å². The van der Waals surface area contributed by atoms with E-state index in [0.29, 0.717) is 0 Å². The van der Waals surface area contributed by atoms with Crippen molar-refractivity contribution >= 4 is 11.5 Å². The number of nitriles is 1. The van der Waals surface area contributed by atoms with E-state index in [-0.39, 0.29) is 17.2 Å². The highest BCUT2D eigenvalue weighted by molar-refractivity contribution is 5.59. The van der Waals surface area contributed by atoms with Crippen LogP contribution in [-0.2, 0) is 10.3 Å². The number of aromatic nitrogens is 4. The maximum atomic E-state index is 10.4. The van der Waals surface area contributed by atoms with Crippen LogP contribution in [0, 0.1) is 23.7 Å². The summed E-state index contributed by atoms with van der Waals surface area (Å²) in [6, 6.07) is 1.79. The van der Waals surface area contributed by atoms with E-state index >= 15 is 0 Å². The molecule has 1 aliphatic rings. The molecular formula is C13H12N6O4. The van der Waals surface area contributed by atoms with Crippen LogP contribution in [0.4, 0.5) is 5.82 Å². The lowest BCUT2D eigenvalue weighted by Crippen LogP contribution is -2.45. The van der Waals surface area contributed by atoms with E-state index in [1.807, 2.05) is 0 Å². The minimum absolute atomic E-state index is 0.00113. The highest BCUT2D eigenvalue weighted by Crippen LogP contribution is 2.44. The van der Waals surface area contributed by atoms with Gasteiger partial charge < -0.3 is 25.8 Å². The van der Waals surface area contributed by atoms with E-state index in [0.717, 1.165) is 10.8 Å². The third kappa shape index (κ3) is 1.75. The average Bonchev–Trinajstić information content (AvgIpc) is 3.09. The van der Waals surface area contributed by atoms with Crippen LogP contribution in [0.2, 0.25) is 0 Å². The van der Waals surface area contributed by atoms with Gasteiger partial charge in [0.05, 0.1) is 12.8 Å². The van der Waals surface area contributed by atoms with E-state index in [1.54, 1.807) is 6.07 Å². The van der Waals surface area contributed by atoms with E-state index < -0.39 is 30.0 Å².